The smallest absolute Gasteiger partial charge is 0.327 e. The van der Waals surface area contributed by atoms with Crippen LogP contribution in [0.3, 0.4) is 0 Å². The van der Waals surface area contributed by atoms with Gasteiger partial charge in [-0.15, -0.1) is 0 Å². The van der Waals surface area contributed by atoms with E-state index in [1.54, 1.807) is 0 Å². The maximum absolute atomic E-state index is 15.4. The van der Waals surface area contributed by atoms with Crippen molar-refractivity contribution in [1.29, 1.82) is 0 Å². The summed E-state index contributed by atoms with van der Waals surface area (Å²) in [4.78, 5) is -0.0516. The van der Waals surface area contributed by atoms with Crippen LogP contribution < -0.4 is 4.74 Å². The summed E-state index contributed by atoms with van der Waals surface area (Å²) in [5, 5.41) is 0.348. The van der Waals surface area contributed by atoms with Crippen molar-refractivity contribution < 1.29 is 35.5 Å². The van der Waals surface area contributed by atoms with Gasteiger partial charge in [-0.05, 0) is 49.2 Å². The lowest BCUT2D eigenvalue weighted by atomic mass is 9.59. The summed E-state index contributed by atoms with van der Waals surface area (Å²) in [6, 6.07) is 7.47. The second-order valence-electron chi connectivity index (χ2n) is 8.98. The van der Waals surface area contributed by atoms with Gasteiger partial charge in [0.15, 0.2) is 21.4 Å². The van der Waals surface area contributed by atoms with Crippen molar-refractivity contribution in [3.63, 3.8) is 0 Å². The molecule has 2 fully saturated rings. The number of fused-ring (bicyclic) bond motifs is 4. The normalized spacial score (nSPS) is 33.8. The zero-order valence-electron chi connectivity index (χ0n) is 17.7. The molecule has 1 saturated heterocycles. The van der Waals surface area contributed by atoms with E-state index in [0.717, 1.165) is 12.1 Å². The van der Waals surface area contributed by atoms with Crippen LogP contribution >= 0.6 is 19.2 Å². The first-order valence-electron chi connectivity index (χ1n) is 10.5. The van der Waals surface area contributed by atoms with E-state index in [1.807, 2.05) is 0 Å². The van der Waals surface area contributed by atoms with Crippen molar-refractivity contribution in [2.45, 2.75) is 28.9 Å². The first kappa shape index (κ1) is 23.2. The summed E-state index contributed by atoms with van der Waals surface area (Å²) in [5.74, 6) is -2.91. The molecule has 2 aromatic rings. The molecule has 0 bridgehead atoms. The van der Waals surface area contributed by atoms with E-state index in [4.69, 9.17) is 25.4 Å². The van der Waals surface area contributed by atoms with Gasteiger partial charge in [0.2, 0.25) is 0 Å². The third-order valence-electron chi connectivity index (χ3n) is 7.18. The van der Waals surface area contributed by atoms with Crippen LogP contribution in [0.4, 0.5) is 8.78 Å². The minimum Gasteiger partial charge on any atom is -0.490 e. The predicted molar refractivity (Wildman–Crippen MR) is 117 cm³/mol. The number of hydrogen-bond donors (Lipinski definition) is 0. The minimum absolute atomic E-state index is 0.0288. The molecule has 0 amide bonds. The van der Waals surface area contributed by atoms with Crippen LogP contribution in [0, 0.1) is 23.0 Å². The standard InChI is InChI=1S/C22H22ClF2O6PS/c1-32(26)30-12-21(13-31-32)9-2-10-22(33(27,28)15-5-3-14(23)4-6-15)18(21)11-29-20-17(25)8-7-16(24)19(20)22/h3-8,18H,2,9-13H2,1H3/t18-,21?,22-,32?/m0/s1. The van der Waals surface area contributed by atoms with Crippen molar-refractivity contribution in [1.82, 2.24) is 0 Å². The molecule has 5 rings (SSSR count). The maximum atomic E-state index is 15.4. The van der Waals surface area contributed by atoms with E-state index in [9.17, 15) is 17.4 Å². The van der Waals surface area contributed by atoms with Crippen molar-refractivity contribution in [3.05, 3.63) is 58.6 Å². The van der Waals surface area contributed by atoms with Crippen LogP contribution in [0.25, 0.3) is 0 Å². The maximum Gasteiger partial charge on any atom is 0.327 e. The Labute approximate surface area is 195 Å². The topological polar surface area (TPSA) is 78.9 Å². The first-order chi connectivity index (χ1) is 15.5. The molecule has 1 aliphatic carbocycles. The second-order valence-corrected chi connectivity index (χ2v) is 13.7. The van der Waals surface area contributed by atoms with Gasteiger partial charge in [-0.25, -0.2) is 17.2 Å². The van der Waals surface area contributed by atoms with Gasteiger partial charge in [-0.1, -0.05) is 18.0 Å². The fraction of sp³-hybridized carbons (Fsp3) is 0.455. The molecular formula is C22H22ClF2O6PS. The Bertz CT molecular complexity index is 1260. The highest BCUT2D eigenvalue weighted by atomic mass is 35.5. The number of rotatable bonds is 2. The fourth-order valence-electron chi connectivity index (χ4n) is 5.59. The quantitative estimate of drug-likeness (QED) is 0.500. The van der Waals surface area contributed by atoms with E-state index in [1.165, 1.54) is 30.9 Å². The summed E-state index contributed by atoms with van der Waals surface area (Å²) >= 11 is 5.97. The fourth-order valence-corrected chi connectivity index (χ4v) is 9.25. The van der Waals surface area contributed by atoms with Gasteiger partial charge in [0, 0.05) is 23.0 Å². The molecule has 0 unspecified atom stereocenters. The molecule has 1 spiro atoms. The molecule has 11 heteroatoms. The molecule has 178 valence electrons. The summed E-state index contributed by atoms with van der Waals surface area (Å²) < 4.78 is 86.0. The Morgan fingerprint density at radius 2 is 1.67 bits per heavy atom. The van der Waals surface area contributed by atoms with Crippen molar-refractivity contribution in [2.24, 2.45) is 11.3 Å². The molecule has 2 aromatic carbocycles. The SMILES string of the molecule is CP1(=O)OCC2(CCC[C@@]3(S(=O)(=O)c4ccc(Cl)cc4)c4c(F)ccc(F)c4OC[C@@H]23)CO1. The van der Waals surface area contributed by atoms with Gasteiger partial charge < -0.3 is 13.8 Å². The molecule has 2 atom stereocenters. The van der Waals surface area contributed by atoms with Crippen molar-refractivity contribution in [3.8, 4) is 5.75 Å². The Morgan fingerprint density at radius 3 is 2.33 bits per heavy atom. The van der Waals surface area contributed by atoms with Gasteiger partial charge in [0.25, 0.3) is 0 Å². The Kier molecular flexibility index (Phi) is 5.46. The molecule has 3 aliphatic rings. The van der Waals surface area contributed by atoms with Gasteiger partial charge in [-0.2, -0.15) is 0 Å². The molecule has 33 heavy (non-hydrogen) atoms. The van der Waals surface area contributed by atoms with E-state index in [-0.39, 0.29) is 42.4 Å². The number of benzene rings is 2. The predicted octanol–water partition coefficient (Wildman–Crippen LogP) is 5.34. The lowest BCUT2D eigenvalue weighted by Crippen LogP contribution is -2.61. The van der Waals surface area contributed by atoms with E-state index in [2.05, 4.69) is 0 Å². The molecule has 2 aliphatic heterocycles. The van der Waals surface area contributed by atoms with Crippen LogP contribution in [0.1, 0.15) is 24.8 Å². The van der Waals surface area contributed by atoms with Gasteiger partial charge in [0.1, 0.15) is 10.6 Å². The van der Waals surface area contributed by atoms with E-state index >= 15 is 4.39 Å². The van der Waals surface area contributed by atoms with E-state index in [0.29, 0.717) is 17.9 Å². The van der Waals surface area contributed by atoms with Crippen LogP contribution in [0.2, 0.25) is 5.02 Å². The summed E-state index contributed by atoms with van der Waals surface area (Å²) in [5.41, 5.74) is -1.21. The Hall–Kier alpha value is -1.51. The van der Waals surface area contributed by atoms with Crippen molar-refractivity contribution in [2.75, 3.05) is 26.5 Å². The molecule has 0 aromatic heterocycles. The third-order valence-corrected chi connectivity index (χ3v) is 11.2. The first-order valence-corrected chi connectivity index (χ1v) is 14.4. The summed E-state index contributed by atoms with van der Waals surface area (Å²) in [6.45, 7) is 1.11. The number of ether oxygens (including phenoxy) is 1. The van der Waals surface area contributed by atoms with Crippen LogP contribution in [0.15, 0.2) is 41.3 Å². The Morgan fingerprint density at radius 1 is 1.03 bits per heavy atom. The monoisotopic (exact) mass is 518 g/mol. The highest BCUT2D eigenvalue weighted by Crippen LogP contribution is 2.64. The minimum atomic E-state index is -4.28. The largest absolute Gasteiger partial charge is 0.490 e. The van der Waals surface area contributed by atoms with Crippen molar-refractivity contribution >= 4 is 29.0 Å². The van der Waals surface area contributed by atoms with Crippen LogP contribution in [0.5, 0.6) is 5.75 Å². The van der Waals surface area contributed by atoms with Gasteiger partial charge in [-0.3, -0.25) is 4.57 Å². The molecule has 0 N–H and O–H groups in total. The zero-order valence-corrected chi connectivity index (χ0v) is 20.2. The Balaban J connectivity index is 1.78. The average molecular weight is 519 g/mol. The van der Waals surface area contributed by atoms with E-state index < -0.39 is 45.1 Å². The zero-order chi connectivity index (χ0) is 23.6. The lowest BCUT2D eigenvalue weighted by molar-refractivity contribution is -0.0844. The molecule has 2 heterocycles. The molecule has 6 nitrogen and oxygen atoms in total. The summed E-state index contributed by atoms with van der Waals surface area (Å²) in [6.07, 6.45) is 0.954. The molecular weight excluding hydrogens is 497 g/mol. The number of hydrogen-bond acceptors (Lipinski definition) is 6. The number of sulfone groups is 1. The van der Waals surface area contributed by atoms with Gasteiger partial charge >= 0.3 is 7.60 Å². The third kappa shape index (κ3) is 3.39. The van der Waals surface area contributed by atoms with Crippen LogP contribution in [-0.2, 0) is 28.2 Å². The highest BCUT2D eigenvalue weighted by Gasteiger charge is 2.66. The van der Waals surface area contributed by atoms with Crippen LogP contribution in [-0.4, -0.2) is 34.9 Å². The number of halogens is 3. The molecule has 1 saturated carbocycles. The average Bonchev–Trinajstić information content (AvgIpc) is 2.78. The lowest BCUT2D eigenvalue weighted by Gasteiger charge is -2.57. The molecule has 0 radical (unpaired) electrons. The highest BCUT2D eigenvalue weighted by molar-refractivity contribution is 7.92. The summed E-state index contributed by atoms with van der Waals surface area (Å²) in [7, 11) is -7.56. The second kappa shape index (κ2) is 7.75. The van der Waals surface area contributed by atoms with Gasteiger partial charge in [0.05, 0.1) is 30.3 Å².